The molecule has 0 fully saturated rings. The Hall–Kier alpha value is -3.76. The predicted molar refractivity (Wildman–Crippen MR) is 104 cm³/mol. The largest absolute Gasteiger partial charge is 0.492 e. The number of amides is 2. The number of benzene rings is 2. The van der Waals surface area contributed by atoms with Gasteiger partial charge < -0.3 is 20.1 Å². The smallest absolute Gasteiger partial charge is 0.434 e. The number of nitrogens with zero attached hydrogens (tertiary/aromatic N) is 2. The minimum absolute atomic E-state index is 0.0342. The van der Waals surface area contributed by atoms with Crippen LogP contribution in [0.15, 0.2) is 42.6 Å². The lowest BCUT2D eigenvalue weighted by Crippen LogP contribution is -2.35. The second kappa shape index (κ2) is 7.82. The molecule has 4 rings (SSSR count). The van der Waals surface area contributed by atoms with Gasteiger partial charge in [0.2, 0.25) is 0 Å². The number of ether oxygens (including phenoxy) is 2. The molecular weight excluding hydrogens is 417 g/mol. The zero-order chi connectivity index (χ0) is 22.2. The van der Waals surface area contributed by atoms with Gasteiger partial charge in [-0.3, -0.25) is 0 Å². The van der Waals surface area contributed by atoms with Crippen LogP contribution in [0.1, 0.15) is 23.6 Å². The maximum absolute atomic E-state index is 13.3. The first kappa shape index (κ1) is 20.5. The van der Waals surface area contributed by atoms with E-state index in [0.717, 1.165) is 10.7 Å². The van der Waals surface area contributed by atoms with E-state index in [2.05, 4.69) is 20.5 Å². The number of methoxy groups -OCH3 is 1. The summed E-state index contributed by atoms with van der Waals surface area (Å²) in [5, 5.41) is 9.81. The number of rotatable bonds is 2. The van der Waals surface area contributed by atoms with Crippen molar-refractivity contribution >= 4 is 28.7 Å². The average Bonchev–Trinajstić information content (AvgIpc) is 3.17. The molecule has 2 heterocycles. The van der Waals surface area contributed by atoms with Gasteiger partial charge in [0, 0.05) is 17.4 Å². The molecule has 1 atom stereocenters. The molecule has 0 aliphatic carbocycles. The lowest BCUT2D eigenvalue weighted by molar-refractivity contribution is -0.139. The summed E-state index contributed by atoms with van der Waals surface area (Å²) in [6.07, 6.45) is -3.53. The monoisotopic (exact) mass is 434 g/mol. The number of halogens is 3. The molecule has 2 N–H and O–H groups in total. The van der Waals surface area contributed by atoms with Crippen LogP contribution in [0.2, 0.25) is 0 Å². The van der Waals surface area contributed by atoms with E-state index in [1.54, 1.807) is 18.2 Å². The van der Waals surface area contributed by atoms with Crippen LogP contribution in [0, 0.1) is 0 Å². The van der Waals surface area contributed by atoms with Gasteiger partial charge in [-0.15, -0.1) is 0 Å². The minimum atomic E-state index is -4.56. The first-order chi connectivity index (χ1) is 14.8. The maximum atomic E-state index is 13.3. The quantitative estimate of drug-likeness (QED) is 0.627. The molecule has 0 bridgehead atoms. The number of carbonyl (C=O) groups excluding carboxylic acids is 2. The molecule has 2 aromatic carbocycles. The third-order valence-corrected chi connectivity index (χ3v) is 4.89. The molecule has 2 amide bonds. The van der Waals surface area contributed by atoms with E-state index < -0.39 is 29.9 Å². The molecule has 162 valence electrons. The standard InChI is InChI=1S/C20H17F3N4O4/c1-30-19(29)27-16-7-3-6-14(12(16)10-24-27)25-18(28)26-15-8-9-31-17-11(15)4-2-5-13(17)20(21,22)23/h2-7,10,15H,8-9H2,1H3,(H2,25,26,28). The number of fused-ring (bicyclic) bond motifs is 2. The number of aromatic nitrogens is 2. The number of anilines is 1. The van der Waals surface area contributed by atoms with Crippen molar-refractivity contribution in [1.29, 1.82) is 0 Å². The van der Waals surface area contributed by atoms with Gasteiger partial charge >= 0.3 is 18.3 Å². The summed E-state index contributed by atoms with van der Waals surface area (Å²) in [7, 11) is 1.22. The van der Waals surface area contributed by atoms with Crippen LogP contribution in [0.25, 0.3) is 10.9 Å². The fourth-order valence-corrected chi connectivity index (χ4v) is 3.51. The topological polar surface area (TPSA) is 94.5 Å². The van der Waals surface area contributed by atoms with Crippen molar-refractivity contribution in [1.82, 2.24) is 15.1 Å². The van der Waals surface area contributed by atoms with Crippen molar-refractivity contribution in [2.45, 2.75) is 18.6 Å². The maximum Gasteiger partial charge on any atom is 0.434 e. The molecule has 1 aliphatic heterocycles. The fraction of sp³-hybridized carbons (Fsp3) is 0.250. The molecule has 11 heteroatoms. The Morgan fingerprint density at radius 2 is 2.00 bits per heavy atom. The van der Waals surface area contributed by atoms with Crippen molar-refractivity contribution in [2.24, 2.45) is 0 Å². The number of urea groups is 1. The first-order valence-electron chi connectivity index (χ1n) is 9.25. The Balaban J connectivity index is 1.56. The third-order valence-electron chi connectivity index (χ3n) is 4.89. The molecule has 31 heavy (non-hydrogen) atoms. The predicted octanol–water partition coefficient (Wildman–Crippen LogP) is 4.31. The van der Waals surface area contributed by atoms with Gasteiger partial charge in [0.05, 0.1) is 42.7 Å². The second-order valence-corrected chi connectivity index (χ2v) is 6.77. The summed E-state index contributed by atoms with van der Waals surface area (Å²) < 4.78 is 50.8. The van der Waals surface area contributed by atoms with Crippen LogP contribution in [-0.4, -0.2) is 35.6 Å². The lowest BCUT2D eigenvalue weighted by Gasteiger charge is -2.28. The highest BCUT2D eigenvalue weighted by molar-refractivity contribution is 6.02. The van der Waals surface area contributed by atoms with Crippen LogP contribution < -0.4 is 15.4 Å². The van der Waals surface area contributed by atoms with Crippen LogP contribution in [0.4, 0.5) is 28.4 Å². The van der Waals surface area contributed by atoms with Crippen LogP contribution >= 0.6 is 0 Å². The lowest BCUT2D eigenvalue weighted by atomic mass is 9.97. The molecule has 0 saturated carbocycles. The number of para-hydroxylation sites is 1. The normalized spacial score (nSPS) is 15.7. The number of alkyl halides is 3. The van der Waals surface area contributed by atoms with E-state index in [1.807, 2.05) is 0 Å². The molecule has 0 saturated heterocycles. The van der Waals surface area contributed by atoms with Gasteiger partial charge in [-0.1, -0.05) is 18.2 Å². The van der Waals surface area contributed by atoms with E-state index in [-0.39, 0.29) is 17.9 Å². The van der Waals surface area contributed by atoms with Gasteiger partial charge in [0.1, 0.15) is 5.75 Å². The summed E-state index contributed by atoms with van der Waals surface area (Å²) in [4.78, 5) is 24.4. The van der Waals surface area contributed by atoms with Gasteiger partial charge in [0.25, 0.3) is 0 Å². The second-order valence-electron chi connectivity index (χ2n) is 6.77. The first-order valence-corrected chi connectivity index (χ1v) is 9.25. The number of nitrogens with one attached hydrogen (secondary N) is 2. The van der Waals surface area contributed by atoms with Crippen molar-refractivity contribution in [2.75, 3.05) is 19.0 Å². The van der Waals surface area contributed by atoms with Gasteiger partial charge in [0.15, 0.2) is 0 Å². The molecule has 0 radical (unpaired) electrons. The van der Waals surface area contributed by atoms with Crippen molar-refractivity contribution in [3.8, 4) is 5.75 Å². The molecule has 1 aliphatic rings. The van der Waals surface area contributed by atoms with Gasteiger partial charge in [-0.05, 0) is 18.2 Å². The van der Waals surface area contributed by atoms with Gasteiger partial charge in [-0.2, -0.15) is 23.0 Å². The molecule has 3 aromatic rings. The van der Waals surface area contributed by atoms with Crippen molar-refractivity contribution in [3.63, 3.8) is 0 Å². The Morgan fingerprint density at radius 3 is 2.74 bits per heavy atom. The van der Waals surface area contributed by atoms with Crippen molar-refractivity contribution < 1.29 is 32.2 Å². The number of carbonyl (C=O) groups is 2. The number of hydrogen-bond donors (Lipinski definition) is 2. The van der Waals surface area contributed by atoms with Gasteiger partial charge in [-0.25, -0.2) is 9.59 Å². The highest BCUT2D eigenvalue weighted by atomic mass is 19.4. The molecule has 1 unspecified atom stereocenters. The SMILES string of the molecule is COC(=O)n1ncc2c(NC(=O)NC3CCOc4c3cccc4C(F)(F)F)cccc21. The summed E-state index contributed by atoms with van der Waals surface area (Å²) in [6.45, 7) is 0.0342. The zero-order valence-electron chi connectivity index (χ0n) is 16.2. The Bertz CT molecular complexity index is 1160. The third kappa shape index (κ3) is 3.86. The van der Waals surface area contributed by atoms with Crippen molar-refractivity contribution in [3.05, 3.63) is 53.7 Å². The highest BCUT2D eigenvalue weighted by Crippen LogP contribution is 2.42. The van der Waals surface area contributed by atoms with E-state index in [1.165, 1.54) is 25.4 Å². The van der Waals surface area contributed by atoms with Crippen LogP contribution in [-0.2, 0) is 10.9 Å². The highest BCUT2D eigenvalue weighted by Gasteiger charge is 2.38. The van der Waals surface area contributed by atoms with Crippen LogP contribution in [0.3, 0.4) is 0 Å². The summed E-state index contributed by atoms with van der Waals surface area (Å²) in [5.41, 5.74) is 0.183. The molecule has 0 spiro atoms. The molecule has 1 aromatic heterocycles. The Morgan fingerprint density at radius 1 is 1.23 bits per heavy atom. The van der Waals surface area contributed by atoms with E-state index >= 15 is 0 Å². The van der Waals surface area contributed by atoms with E-state index in [0.29, 0.717) is 23.0 Å². The van der Waals surface area contributed by atoms with Crippen LogP contribution in [0.5, 0.6) is 5.75 Å². The molecular formula is C20H17F3N4O4. The minimum Gasteiger partial charge on any atom is -0.492 e. The summed E-state index contributed by atoms with van der Waals surface area (Å²) >= 11 is 0. The Labute approximate surface area is 173 Å². The zero-order valence-corrected chi connectivity index (χ0v) is 16.2. The van der Waals surface area contributed by atoms with E-state index in [4.69, 9.17) is 4.74 Å². The molecule has 8 nitrogen and oxygen atoms in total. The summed E-state index contributed by atoms with van der Waals surface area (Å²) in [6, 6.07) is 7.32. The number of hydrogen-bond acceptors (Lipinski definition) is 5. The average molecular weight is 434 g/mol. The van der Waals surface area contributed by atoms with E-state index in [9.17, 15) is 22.8 Å². The Kier molecular flexibility index (Phi) is 5.17. The summed E-state index contributed by atoms with van der Waals surface area (Å²) in [5.74, 6) is -0.270. The fourth-order valence-electron chi connectivity index (χ4n) is 3.51.